The molecule has 0 N–H and O–H groups in total. The normalized spacial score (nSPS) is 11.1. The second-order valence-electron chi connectivity index (χ2n) is 5.40. The highest BCUT2D eigenvalue weighted by atomic mass is 32.1. The molecule has 0 radical (unpaired) electrons. The average molecular weight is 329 g/mol. The molecule has 0 saturated carbocycles. The lowest BCUT2D eigenvalue weighted by molar-refractivity contribution is -0.118. The van der Waals surface area contributed by atoms with E-state index in [2.05, 4.69) is 10.1 Å². The highest BCUT2D eigenvalue weighted by molar-refractivity contribution is 7.22. The molecule has 0 saturated heterocycles. The van der Waals surface area contributed by atoms with Crippen molar-refractivity contribution in [2.24, 2.45) is 0 Å². The monoisotopic (exact) mass is 329 g/mol. The lowest BCUT2D eigenvalue weighted by Gasteiger charge is -2.17. The van der Waals surface area contributed by atoms with E-state index in [1.54, 1.807) is 16.2 Å². The second-order valence-corrected chi connectivity index (χ2v) is 6.41. The van der Waals surface area contributed by atoms with E-state index >= 15 is 0 Å². The average Bonchev–Trinajstić information content (AvgIpc) is 3.10. The van der Waals surface area contributed by atoms with Crippen LogP contribution in [0.4, 0.5) is 5.13 Å². The molecule has 3 rings (SSSR count). The molecule has 0 aliphatic rings. The molecule has 6 heteroatoms. The van der Waals surface area contributed by atoms with Gasteiger partial charge in [0.2, 0.25) is 5.91 Å². The van der Waals surface area contributed by atoms with Crippen LogP contribution < -0.4 is 4.90 Å². The van der Waals surface area contributed by atoms with Crippen molar-refractivity contribution in [1.82, 2.24) is 10.1 Å². The molecule has 1 amide bonds. The summed E-state index contributed by atoms with van der Waals surface area (Å²) < 4.78 is 6.25. The molecular formula is C17H19N3O2S. The van der Waals surface area contributed by atoms with Gasteiger partial charge < -0.3 is 4.52 Å². The Kier molecular flexibility index (Phi) is 4.43. The van der Waals surface area contributed by atoms with Crippen molar-refractivity contribution in [1.29, 1.82) is 0 Å². The van der Waals surface area contributed by atoms with Crippen LogP contribution in [0.5, 0.6) is 0 Å². The van der Waals surface area contributed by atoms with Crippen LogP contribution in [0.3, 0.4) is 0 Å². The summed E-state index contributed by atoms with van der Waals surface area (Å²) in [5, 5.41) is 4.70. The second kappa shape index (κ2) is 6.50. The number of para-hydroxylation sites is 1. The maximum atomic E-state index is 12.6. The first-order chi connectivity index (χ1) is 11.1. The minimum atomic E-state index is 0.0755. The highest BCUT2D eigenvalue weighted by Gasteiger charge is 2.19. The quantitative estimate of drug-likeness (QED) is 0.712. The van der Waals surface area contributed by atoms with Gasteiger partial charge in [0.05, 0.1) is 15.9 Å². The molecule has 0 atom stereocenters. The van der Waals surface area contributed by atoms with Crippen molar-refractivity contribution in [2.45, 2.75) is 33.6 Å². The molecular weight excluding hydrogens is 310 g/mol. The first-order valence-corrected chi connectivity index (χ1v) is 8.49. The summed E-state index contributed by atoms with van der Waals surface area (Å²) in [5.41, 5.74) is 2.82. The number of aromatic nitrogens is 2. The van der Waals surface area contributed by atoms with Crippen molar-refractivity contribution >= 4 is 32.6 Å². The lowest BCUT2D eigenvalue weighted by atomic mass is 10.1. The zero-order valence-electron chi connectivity index (χ0n) is 13.5. The Labute approximate surface area is 138 Å². The molecule has 2 heterocycles. The summed E-state index contributed by atoms with van der Waals surface area (Å²) in [6, 6.07) is 7.94. The van der Waals surface area contributed by atoms with Gasteiger partial charge in [-0.3, -0.25) is 9.69 Å². The number of carbonyl (C=O) groups excluding carboxylic acids is 1. The van der Waals surface area contributed by atoms with Crippen LogP contribution in [0.25, 0.3) is 10.2 Å². The van der Waals surface area contributed by atoms with Crippen LogP contribution in [0.1, 0.15) is 30.4 Å². The van der Waals surface area contributed by atoms with Gasteiger partial charge in [-0.05, 0) is 39.3 Å². The number of thiazole rings is 1. The number of amides is 1. The SMILES string of the molecule is CCN(C(=O)CCc1c(C)noc1C)c1nc2ccccc2s1. The van der Waals surface area contributed by atoms with Crippen LogP contribution in [0.2, 0.25) is 0 Å². The van der Waals surface area contributed by atoms with E-state index in [0.29, 0.717) is 19.4 Å². The van der Waals surface area contributed by atoms with E-state index < -0.39 is 0 Å². The Morgan fingerprint density at radius 1 is 1.30 bits per heavy atom. The van der Waals surface area contributed by atoms with Crippen LogP contribution >= 0.6 is 11.3 Å². The Hall–Kier alpha value is -2.21. The fourth-order valence-electron chi connectivity index (χ4n) is 2.62. The molecule has 2 aromatic heterocycles. The van der Waals surface area contributed by atoms with Gasteiger partial charge in [-0.25, -0.2) is 4.98 Å². The van der Waals surface area contributed by atoms with Gasteiger partial charge >= 0.3 is 0 Å². The van der Waals surface area contributed by atoms with Crippen molar-refractivity contribution in [3.63, 3.8) is 0 Å². The van der Waals surface area contributed by atoms with Gasteiger partial charge in [-0.2, -0.15) is 0 Å². The van der Waals surface area contributed by atoms with Crippen molar-refractivity contribution in [3.8, 4) is 0 Å². The summed E-state index contributed by atoms with van der Waals surface area (Å²) in [5.74, 6) is 0.866. The number of hydrogen-bond acceptors (Lipinski definition) is 5. The standard InChI is InChI=1S/C17H19N3O2S/c1-4-20(17-18-14-7-5-6-8-15(14)23-17)16(21)10-9-13-11(2)19-22-12(13)3/h5-8H,4,9-10H2,1-3H3. The summed E-state index contributed by atoms with van der Waals surface area (Å²) in [6.45, 7) is 6.37. The smallest absolute Gasteiger partial charge is 0.229 e. The van der Waals surface area contributed by atoms with Crippen LogP contribution in [0, 0.1) is 13.8 Å². The van der Waals surface area contributed by atoms with Gasteiger partial charge in [0.15, 0.2) is 5.13 Å². The Bertz CT molecular complexity index is 785. The third-order valence-corrected chi connectivity index (χ3v) is 4.96. The van der Waals surface area contributed by atoms with Crippen LogP contribution in [-0.2, 0) is 11.2 Å². The van der Waals surface area contributed by atoms with Gasteiger partial charge in [-0.1, -0.05) is 28.6 Å². The molecule has 0 aliphatic carbocycles. The largest absolute Gasteiger partial charge is 0.361 e. The minimum absolute atomic E-state index is 0.0755. The van der Waals surface area contributed by atoms with Gasteiger partial charge in [0, 0.05) is 18.5 Å². The molecule has 120 valence electrons. The molecule has 1 aromatic carbocycles. The zero-order valence-corrected chi connectivity index (χ0v) is 14.3. The number of fused-ring (bicyclic) bond motifs is 1. The fraction of sp³-hybridized carbons (Fsp3) is 0.353. The maximum absolute atomic E-state index is 12.6. The van der Waals surface area contributed by atoms with Gasteiger partial charge in [0.25, 0.3) is 0 Å². The minimum Gasteiger partial charge on any atom is -0.361 e. The Morgan fingerprint density at radius 2 is 2.09 bits per heavy atom. The third-order valence-electron chi connectivity index (χ3n) is 3.90. The predicted octanol–water partition coefficient (Wildman–Crippen LogP) is 3.89. The topological polar surface area (TPSA) is 59.2 Å². The number of nitrogens with zero attached hydrogens (tertiary/aromatic N) is 3. The lowest BCUT2D eigenvalue weighted by Crippen LogP contribution is -2.30. The van der Waals surface area contributed by atoms with Crippen molar-refractivity contribution < 1.29 is 9.32 Å². The number of rotatable bonds is 5. The number of anilines is 1. The van der Waals surface area contributed by atoms with Crippen LogP contribution in [-0.4, -0.2) is 22.6 Å². The number of hydrogen-bond donors (Lipinski definition) is 0. The molecule has 0 unspecified atom stereocenters. The van der Waals surface area contributed by atoms with E-state index in [9.17, 15) is 4.79 Å². The zero-order chi connectivity index (χ0) is 16.4. The van der Waals surface area contributed by atoms with Crippen molar-refractivity contribution in [3.05, 3.63) is 41.3 Å². The van der Waals surface area contributed by atoms with Crippen LogP contribution in [0.15, 0.2) is 28.8 Å². The molecule has 0 spiro atoms. The number of benzene rings is 1. The Morgan fingerprint density at radius 3 is 2.74 bits per heavy atom. The highest BCUT2D eigenvalue weighted by Crippen LogP contribution is 2.29. The van der Waals surface area contributed by atoms with Gasteiger partial charge in [-0.15, -0.1) is 0 Å². The molecule has 5 nitrogen and oxygen atoms in total. The summed E-state index contributed by atoms with van der Waals surface area (Å²) in [6.07, 6.45) is 1.06. The molecule has 0 fully saturated rings. The molecule has 23 heavy (non-hydrogen) atoms. The van der Waals surface area contributed by atoms with E-state index in [-0.39, 0.29) is 5.91 Å². The third kappa shape index (κ3) is 3.12. The van der Waals surface area contributed by atoms with E-state index in [4.69, 9.17) is 4.52 Å². The summed E-state index contributed by atoms with van der Waals surface area (Å²) in [7, 11) is 0. The summed E-state index contributed by atoms with van der Waals surface area (Å²) in [4.78, 5) is 18.9. The number of carbonyl (C=O) groups is 1. The fourth-order valence-corrected chi connectivity index (χ4v) is 3.67. The Balaban J connectivity index is 1.76. The molecule has 0 bridgehead atoms. The summed E-state index contributed by atoms with van der Waals surface area (Å²) >= 11 is 1.55. The van der Waals surface area contributed by atoms with Gasteiger partial charge in [0.1, 0.15) is 5.76 Å². The maximum Gasteiger partial charge on any atom is 0.229 e. The van der Waals surface area contributed by atoms with Crippen molar-refractivity contribution in [2.75, 3.05) is 11.4 Å². The number of aryl methyl sites for hydroxylation is 2. The van der Waals surface area contributed by atoms with E-state index in [1.165, 1.54) is 0 Å². The first kappa shape index (κ1) is 15.7. The molecule has 0 aliphatic heterocycles. The first-order valence-electron chi connectivity index (χ1n) is 7.67. The molecule has 3 aromatic rings. The predicted molar refractivity (Wildman–Crippen MR) is 91.9 cm³/mol. The van der Waals surface area contributed by atoms with E-state index in [0.717, 1.165) is 32.4 Å². The van der Waals surface area contributed by atoms with E-state index in [1.807, 2.05) is 45.0 Å².